The summed E-state index contributed by atoms with van der Waals surface area (Å²) in [5.74, 6) is 0.817. The van der Waals surface area contributed by atoms with Crippen LogP contribution in [0.1, 0.15) is 11.5 Å². The third-order valence-electron chi connectivity index (χ3n) is 4.77. The van der Waals surface area contributed by atoms with Crippen molar-refractivity contribution in [1.29, 1.82) is 0 Å². The third-order valence-corrected chi connectivity index (χ3v) is 5.46. The molecule has 0 bridgehead atoms. The Hall–Kier alpha value is -3.23. The van der Waals surface area contributed by atoms with Crippen molar-refractivity contribution in [1.82, 2.24) is 29.5 Å². The first-order valence-electron chi connectivity index (χ1n) is 9.48. The molecule has 0 aliphatic carbocycles. The molecule has 5 aromatic rings. The lowest BCUT2D eigenvalue weighted by atomic mass is 10.1. The Morgan fingerprint density at radius 2 is 1.90 bits per heavy atom. The lowest BCUT2D eigenvalue weighted by molar-refractivity contribution is 0.960. The van der Waals surface area contributed by atoms with Crippen molar-refractivity contribution >= 4 is 39.7 Å². The van der Waals surface area contributed by atoms with Gasteiger partial charge in [0.2, 0.25) is 0 Å². The second kappa shape index (κ2) is 8.87. The molecule has 4 aromatic heterocycles. The first kappa shape index (κ1) is 21.0. The van der Waals surface area contributed by atoms with Gasteiger partial charge in [0.25, 0.3) is 0 Å². The minimum atomic E-state index is 0. The molecular weight excluding hydrogens is 478 g/mol. The number of para-hydroxylation sites is 1. The zero-order valence-electron chi connectivity index (χ0n) is 16.6. The topological polar surface area (TPSA) is 83.8 Å². The largest absolute Gasteiger partial charge is 0.377 e. The second-order valence-corrected chi connectivity index (χ2v) is 7.74. The molecule has 4 heterocycles. The van der Waals surface area contributed by atoms with Crippen LogP contribution in [-0.4, -0.2) is 29.5 Å². The monoisotopic (exact) mass is 495 g/mol. The maximum Gasteiger partial charge on any atom is 0.155 e. The SMILES string of the molecule is Cc1cccc(-c2[nH]c(CNc3ccccc3Br)nc2-c2ccc3ncnn3c2)n1.Cl. The zero-order valence-corrected chi connectivity index (χ0v) is 19.0. The van der Waals surface area contributed by atoms with E-state index in [1.807, 2.05) is 67.7 Å². The van der Waals surface area contributed by atoms with Gasteiger partial charge in [-0.3, -0.25) is 4.98 Å². The standard InChI is InChI=1S/C22H18BrN7.ClH/c1-14-5-4-8-18(27-14)22-21(15-9-10-20-25-13-26-30(20)12-15)28-19(29-22)11-24-17-7-3-2-6-16(17)23;/h2-10,12-13,24H,11H2,1H3,(H,28,29);1H. The molecule has 0 spiro atoms. The number of H-pyrrole nitrogens is 1. The summed E-state index contributed by atoms with van der Waals surface area (Å²) < 4.78 is 2.75. The number of aromatic amines is 1. The molecule has 0 unspecified atom stereocenters. The van der Waals surface area contributed by atoms with E-state index in [1.165, 1.54) is 0 Å². The van der Waals surface area contributed by atoms with Gasteiger partial charge in [-0.15, -0.1) is 12.4 Å². The van der Waals surface area contributed by atoms with Gasteiger partial charge in [-0.2, -0.15) is 5.10 Å². The summed E-state index contributed by atoms with van der Waals surface area (Å²) in [4.78, 5) is 17.3. The number of fused-ring (bicyclic) bond motifs is 1. The van der Waals surface area contributed by atoms with Crippen LogP contribution in [0.4, 0.5) is 5.69 Å². The average Bonchev–Trinajstić information content (AvgIpc) is 3.39. The number of anilines is 1. The van der Waals surface area contributed by atoms with Crippen molar-refractivity contribution in [3.05, 3.63) is 83.1 Å². The molecule has 5 rings (SSSR count). The molecule has 0 radical (unpaired) electrons. The van der Waals surface area contributed by atoms with E-state index in [9.17, 15) is 0 Å². The number of halogens is 2. The predicted octanol–water partition coefficient (Wildman–Crippen LogP) is 5.29. The minimum Gasteiger partial charge on any atom is -0.377 e. The van der Waals surface area contributed by atoms with Crippen LogP contribution in [0.5, 0.6) is 0 Å². The number of rotatable bonds is 5. The van der Waals surface area contributed by atoms with E-state index in [-0.39, 0.29) is 12.4 Å². The second-order valence-electron chi connectivity index (χ2n) is 6.89. The van der Waals surface area contributed by atoms with Crippen LogP contribution in [0.2, 0.25) is 0 Å². The highest BCUT2D eigenvalue weighted by atomic mass is 79.9. The van der Waals surface area contributed by atoms with Crippen molar-refractivity contribution < 1.29 is 0 Å². The minimum absolute atomic E-state index is 0. The first-order chi connectivity index (χ1) is 14.7. The molecule has 9 heteroatoms. The number of nitrogens with zero attached hydrogens (tertiary/aromatic N) is 5. The van der Waals surface area contributed by atoms with Gasteiger partial charge in [0.1, 0.15) is 12.2 Å². The molecule has 0 aliphatic heterocycles. The van der Waals surface area contributed by atoms with Gasteiger partial charge < -0.3 is 10.3 Å². The van der Waals surface area contributed by atoms with E-state index in [0.29, 0.717) is 6.54 Å². The molecule has 31 heavy (non-hydrogen) atoms. The van der Waals surface area contributed by atoms with Crippen molar-refractivity contribution in [2.45, 2.75) is 13.5 Å². The Bertz CT molecular complexity index is 1340. The summed E-state index contributed by atoms with van der Waals surface area (Å²) in [7, 11) is 0. The van der Waals surface area contributed by atoms with Gasteiger partial charge in [-0.05, 0) is 59.3 Å². The number of nitrogens with one attached hydrogen (secondary N) is 2. The Morgan fingerprint density at radius 3 is 2.74 bits per heavy atom. The van der Waals surface area contributed by atoms with Crippen LogP contribution in [0.15, 0.2) is 71.6 Å². The molecule has 0 atom stereocenters. The number of aromatic nitrogens is 6. The summed E-state index contributed by atoms with van der Waals surface area (Å²) in [5, 5.41) is 7.67. The highest BCUT2D eigenvalue weighted by Gasteiger charge is 2.16. The fraction of sp³-hybridized carbons (Fsp3) is 0.0909. The summed E-state index contributed by atoms with van der Waals surface area (Å²) in [5.41, 5.74) is 6.25. The summed E-state index contributed by atoms with van der Waals surface area (Å²) in [6.45, 7) is 2.53. The highest BCUT2D eigenvalue weighted by Crippen LogP contribution is 2.30. The van der Waals surface area contributed by atoms with Gasteiger partial charge in [0, 0.05) is 27.6 Å². The van der Waals surface area contributed by atoms with E-state index in [2.05, 4.69) is 36.3 Å². The molecule has 0 amide bonds. The van der Waals surface area contributed by atoms with E-state index in [0.717, 1.165) is 50.0 Å². The van der Waals surface area contributed by atoms with Gasteiger partial charge >= 0.3 is 0 Å². The Labute approximate surface area is 193 Å². The van der Waals surface area contributed by atoms with Crippen LogP contribution in [-0.2, 0) is 6.54 Å². The van der Waals surface area contributed by atoms with E-state index < -0.39 is 0 Å². The van der Waals surface area contributed by atoms with Crippen LogP contribution in [0, 0.1) is 6.92 Å². The lowest BCUT2D eigenvalue weighted by Gasteiger charge is -2.06. The Kier molecular flexibility index (Phi) is 6.01. The summed E-state index contributed by atoms with van der Waals surface area (Å²) in [6, 6.07) is 17.9. The quantitative estimate of drug-likeness (QED) is 0.345. The van der Waals surface area contributed by atoms with Crippen molar-refractivity contribution in [3.8, 4) is 22.6 Å². The molecule has 1 aromatic carbocycles. The van der Waals surface area contributed by atoms with E-state index in [1.54, 1.807) is 10.8 Å². The molecule has 156 valence electrons. The zero-order chi connectivity index (χ0) is 20.5. The van der Waals surface area contributed by atoms with Gasteiger partial charge in [0.05, 0.1) is 23.6 Å². The molecule has 0 saturated heterocycles. The number of aryl methyl sites for hydroxylation is 1. The molecule has 2 N–H and O–H groups in total. The average molecular weight is 497 g/mol. The fourth-order valence-electron chi connectivity index (χ4n) is 3.32. The van der Waals surface area contributed by atoms with Gasteiger partial charge in [-0.1, -0.05) is 18.2 Å². The van der Waals surface area contributed by atoms with Crippen LogP contribution < -0.4 is 5.32 Å². The normalized spacial score (nSPS) is 10.8. The Morgan fingerprint density at radius 1 is 1.03 bits per heavy atom. The molecular formula is C22H19BrClN7. The number of benzene rings is 1. The number of hydrogen-bond acceptors (Lipinski definition) is 5. The lowest BCUT2D eigenvalue weighted by Crippen LogP contribution is -2.01. The van der Waals surface area contributed by atoms with Gasteiger partial charge in [-0.25, -0.2) is 14.5 Å². The number of hydrogen-bond donors (Lipinski definition) is 2. The molecule has 0 aliphatic rings. The Balaban J connectivity index is 0.00000231. The summed E-state index contributed by atoms with van der Waals surface area (Å²) >= 11 is 3.57. The van der Waals surface area contributed by atoms with E-state index in [4.69, 9.17) is 9.97 Å². The third kappa shape index (κ3) is 4.30. The van der Waals surface area contributed by atoms with Crippen LogP contribution >= 0.6 is 28.3 Å². The van der Waals surface area contributed by atoms with Crippen molar-refractivity contribution in [3.63, 3.8) is 0 Å². The van der Waals surface area contributed by atoms with Crippen molar-refractivity contribution in [2.24, 2.45) is 0 Å². The number of imidazole rings is 1. The van der Waals surface area contributed by atoms with E-state index >= 15 is 0 Å². The van der Waals surface area contributed by atoms with Crippen LogP contribution in [0.25, 0.3) is 28.3 Å². The van der Waals surface area contributed by atoms with Crippen LogP contribution in [0.3, 0.4) is 0 Å². The first-order valence-corrected chi connectivity index (χ1v) is 10.3. The maximum absolute atomic E-state index is 4.89. The molecule has 0 saturated carbocycles. The maximum atomic E-state index is 4.89. The summed E-state index contributed by atoms with van der Waals surface area (Å²) in [6.07, 6.45) is 3.47. The number of pyridine rings is 2. The molecule has 0 fully saturated rings. The molecule has 7 nitrogen and oxygen atoms in total. The van der Waals surface area contributed by atoms with Crippen molar-refractivity contribution in [2.75, 3.05) is 5.32 Å². The highest BCUT2D eigenvalue weighted by molar-refractivity contribution is 9.10. The smallest absolute Gasteiger partial charge is 0.155 e. The fourth-order valence-corrected chi connectivity index (χ4v) is 3.75. The predicted molar refractivity (Wildman–Crippen MR) is 127 cm³/mol. The van der Waals surface area contributed by atoms with Gasteiger partial charge in [0.15, 0.2) is 5.65 Å².